The maximum absolute atomic E-state index is 12.5. The molecule has 0 spiro atoms. The molecule has 1 aromatic heterocycles. The van der Waals surface area contributed by atoms with E-state index in [2.05, 4.69) is 4.72 Å². The first-order valence-corrected chi connectivity index (χ1v) is 11.4. The zero-order valence-electron chi connectivity index (χ0n) is 16.6. The number of anilines is 1. The number of hydrogen-bond acceptors (Lipinski definition) is 7. The topological polar surface area (TPSA) is 125 Å². The quantitative estimate of drug-likeness (QED) is 0.399. The van der Waals surface area contributed by atoms with Gasteiger partial charge in [-0.05, 0) is 43.3 Å². The SMILES string of the molecule is CC(OC(=O)CCn1c(=O)oc2cc(Cl)ccc21)C(=O)c1ccc(NS(C)(=O)=O)cc1. The summed E-state index contributed by atoms with van der Waals surface area (Å²) >= 11 is 5.87. The van der Waals surface area contributed by atoms with Crippen molar-refractivity contribution >= 4 is 50.2 Å². The minimum absolute atomic E-state index is 0.0130. The Bertz CT molecular complexity index is 1290. The zero-order chi connectivity index (χ0) is 22.8. The predicted octanol–water partition coefficient (Wildman–Crippen LogP) is 2.82. The van der Waals surface area contributed by atoms with Crippen LogP contribution in [0.1, 0.15) is 23.7 Å². The van der Waals surface area contributed by atoms with Gasteiger partial charge in [-0.1, -0.05) is 11.6 Å². The number of rotatable bonds is 8. The summed E-state index contributed by atoms with van der Waals surface area (Å²) in [4.78, 5) is 36.6. The standard InChI is InChI=1S/C20H19ClN2O7S/c1-12(19(25)13-3-6-15(7-4-13)22-31(2,27)28)29-18(24)9-10-23-16-8-5-14(21)11-17(16)30-20(23)26/h3-8,11-12,22H,9-10H2,1-2H3. The van der Waals surface area contributed by atoms with Crippen LogP contribution in [0.25, 0.3) is 11.1 Å². The van der Waals surface area contributed by atoms with Gasteiger partial charge >= 0.3 is 11.7 Å². The number of nitrogens with zero attached hydrogens (tertiary/aromatic N) is 1. The lowest BCUT2D eigenvalue weighted by Crippen LogP contribution is -2.25. The van der Waals surface area contributed by atoms with Crippen LogP contribution in [-0.4, -0.2) is 37.1 Å². The summed E-state index contributed by atoms with van der Waals surface area (Å²) in [7, 11) is -3.43. The Kier molecular flexibility index (Phi) is 6.51. The Morgan fingerprint density at radius 3 is 2.52 bits per heavy atom. The molecule has 2 aromatic carbocycles. The number of nitrogens with one attached hydrogen (secondary N) is 1. The number of benzene rings is 2. The van der Waals surface area contributed by atoms with Crippen molar-refractivity contribution in [1.29, 1.82) is 0 Å². The third-order valence-corrected chi connectivity index (χ3v) is 5.16. The van der Waals surface area contributed by atoms with Gasteiger partial charge in [-0.15, -0.1) is 0 Å². The molecule has 9 nitrogen and oxygen atoms in total. The Morgan fingerprint density at radius 2 is 1.87 bits per heavy atom. The summed E-state index contributed by atoms with van der Waals surface area (Å²) in [6.07, 6.45) is -0.187. The highest BCUT2D eigenvalue weighted by Gasteiger charge is 2.20. The Hall–Kier alpha value is -3.11. The first-order valence-electron chi connectivity index (χ1n) is 9.14. The molecule has 0 aliphatic rings. The number of ketones is 1. The van der Waals surface area contributed by atoms with Crippen molar-refractivity contribution in [2.75, 3.05) is 11.0 Å². The van der Waals surface area contributed by atoms with Crippen LogP contribution in [0, 0.1) is 0 Å². The molecule has 3 rings (SSSR count). The van der Waals surface area contributed by atoms with Crippen LogP contribution in [0.5, 0.6) is 0 Å². The van der Waals surface area contributed by atoms with Crippen LogP contribution in [-0.2, 0) is 26.1 Å². The average molecular weight is 467 g/mol. The van der Waals surface area contributed by atoms with Crippen molar-refractivity contribution < 1.29 is 27.2 Å². The van der Waals surface area contributed by atoms with E-state index >= 15 is 0 Å². The number of aryl methyl sites for hydroxylation is 1. The second-order valence-corrected chi connectivity index (χ2v) is 9.01. The number of fused-ring (bicyclic) bond motifs is 1. The van der Waals surface area contributed by atoms with E-state index in [4.69, 9.17) is 20.8 Å². The number of sulfonamides is 1. The molecule has 31 heavy (non-hydrogen) atoms. The van der Waals surface area contributed by atoms with Gasteiger partial charge < -0.3 is 9.15 Å². The van der Waals surface area contributed by atoms with E-state index in [9.17, 15) is 22.8 Å². The van der Waals surface area contributed by atoms with Crippen LogP contribution >= 0.6 is 11.6 Å². The van der Waals surface area contributed by atoms with Gasteiger partial charge in [-0.2, -0.15) is 0 Å². The van der Waals surface area contributed by atoms with Gasteiger partial charge in [0.25, 0.3) is 0 Å². The second-order valence-electron chi connectivity index (χ2n) is 6.83. The summed E-state index contributed by atoms with van der Waals surface area (Å²) in [6, 6.07) is 10.5. The molecule has 0 saturated carbocycles. The molecule has 1 heterocycles. The summed E-state index contributed by atoms with van der Waals surface area (Å²) < 4.78 is 36.3. The molecule has 0 aliphatic heterocycles. The highest BCUT2D eigenvalue weighted by Crippen LogP contribution is 2.19. The summed E-state index contributed by atoms with van der Waals surface area (Å²) in [5, 5.41) is 0.417. The molecular formula is C20H19ClN2O7S. The van der Waals surface area contributed by atoms with Crippen LogP contribution in [0.3, 0.4) is 0 Å². The third kappa shape index (κ3) is 5.74. The largest absolute Gasteiger partial charge is 0.454 e. The van der Waals surface area contributed by atoms with Gasteiger partial charge in [-0.3, -0.25) is 18.9 Å². The highest BCUT2D eigenvalue weighted by molar-refractivity contribution is 7.92. The van der Waals surface area contributed by atoms with Crippen molar-refractivity contribution in [3.05, 3.63) is 63.6 Å². The molecule has 0 aliphatic carbocycles. The van der Waals surface area contributed by atoms with Gasteiger partial charge in [0.1, 0.15) is 0 Å². The number of carbonyl (C=O) groups excluding carboxylic acids is 2. The molecule has 164 valence electrons. The van der Waals surface area contributed by atoms with Crippen molar-refractivity contribution in [2.24, 2.45) is 0 Å². The summed E-state index contributed by atoms with van der Waals surface area (Å²) in [5.41, 5.74) is 1.37. The van der Waals surface area contributed by atoms with E-state index in [1.807, 2.05) is 0 Å². The number of carbonyl (C=O) groups is 2. The van der Waals surface area contributed by atoms with Crippen molar-refractivity contribution in [3.8, 4) is 0 Å². The third-order valence-electron chi connectivity index (χ3n) is 4.32. The van der Waals surface area contributed by atoms with Gasteiger partial charge in [0, 0.05) is 28.9 Å². The Labute approximate surface area is 182 Å². The van der Waals surface area contributed by atoms with Crippen molar-refractivity contribution in [3.63, 3.8) is 0 Å². The molecule has 1 N–H and O–H groups in total. The lowest BCUT2D eigenvalue weighted by molar-refractivity contribution is -0.146. The number of oxazole rings is 1. The summed E-state index contributed by atoms with van der Waals surface area (Å²) in [5.74, 6) is -1.73. The average Bonchev–Trinajstić information content (AvgIpc) is 2.99. The lowest BCUT2D eigenvalue weighted by Gasteiger charge is -2.13. The molecule has 1 unspecified atom stereocenters. The monoisotopic (exact) mass is 466 g/mol. The molecule has 0 bridgehead atoms. The number of ether oxygens (including phenoxy) is 1. The van der Waals surface area contributed by atoms with Gasteiger partial charge in [0.2, 0.25) is 15.8 Å². The molecule has 11 heteroatoms. The fraction of sp³-hybridized carbons (Fsp3) is 0.250. The number of halogens is 1. The van der Waals surface area contributed by atoms with Crippen LogP contribution < -0.4 is 10.5 Å². The van der Waals surface area contributed by atoms with Gasteiger partial charge in [0.05, 0.1) is 18.2 Å². The molecule has 0 radical (unpaired) electrons. The molecule has 0 amide bonds. The molecular weight excluding hydrogens is 448 g/mol. The maximum Gasteiger partial charge on any atom is 0.419 e. The number of hydrogen-bond donors (Lipinski definition) is 1. The first kappa shape index (κ1) is 22.6. The molecule has 3 aromatic rings. The van der Waals surface area contributed by atoms with E-state index in [0.717, 1.165) is 6.26 Å². The number of aromatic nitrogens is 1. The van der Waals surface area contributed by atoms with Crippen molar-refractivity contribution in [2.45, 2.75) is 26.0 Å². The van der Waals surface area contributed by atoms with Crippen LogP contribution in [0.15, 0.2) is 51.7 Å². The minimum atomic E-state index is -3.43. The fourth-order valence-corrected chi connectivity index (χ4v) is 3.64. The van der Waals surface area contributed by atoms with Gasteiger partial charge in [0.15, 0.2) is 11.7 Å². The number of esters is 1. The van der Waals surface area contributed by atoms with E-state index in [0.29, 0.717) is 21.8 Å². The maximum atomic E-state index is 12.5. The van der Waals surface area contributed by atoms with Crippen LogP contribution in [0.4, 0.5) is 5.69 Å². The van der Waals surface area contributed by atoms with Crippen molar-refractivity contribution in [1.82, 2.24) is 4.57 Å². The minimum Gasteiger partial charge on any atom is -0.454 e. The first-order chi connectivity index (χ1) is 14.5. The smallest absolute Gasteiger partial charge is 0.419 e. The highest BCUT2D eigenvalue weighted by atomic mass is 35.5. The molecule has 1 atom stereocenters. The zero-order valence-corrected chi connectivity index (χ0v) is 18.2. The van der Waals surface area contributed by atoms with E-state index in [1.54, 1.807) is 12.1 Å². The number of Topliss-reactive ketones (excluding diaryl/α,β-unsaturated/α-hetero) is 1. The summed E-state index contributed by atoms with van der Waals surface area (Å²) in [6.45, 7) is 1.45. The Balaban J connectivity index is 1.60. The second kappa shape index (κ2) is 8.94. The van der Waals surface area contributed by atoms with E-state index < -0.39 is 33.6 Å². The van der Waals surface area contributed by atoms with E-state index in [1.165, 1.54) is 41.8 Å². The van der Waals surface area contributed by atoms with Crippen LogP contribution in [0.2, 0.25) is 5.02 Å². The van der Waals surface area contributed by atoms with E-state index in [-0.39, 0.29) is 18.5 Å². The molecule has 0 fully saturated rings. The van der Waals surface area contributed by atoms with Gasteiger partial charge in [-0.25, -0.2) is 13.2 Å². The predicted molar refractivity (Wildman–Crippen MR) is 115 cm³/mol. The molecule has 0 saturated heterocycles. The fourth-order valence-electron chi connectivity index (χ4n) is 2.92. The Morgan fingerprint density at radius 1 is 1.19 bits per heavy atom. The lowest BCUT2D eigenvalue weighted by atomic mass is 10.1. The normalized spacial score (nSPS) is 12.5.